The number of rotatable bonds is 0. The van der Waals surface area contributed by atoms with Gasteiger partial charge >= 0.3 is 0 Å². The Morgan fingerprint density at radius 3 is 2.67 bits per heavy atom. The molecule has 0 saturated heterocycles. The summed E-state index contributed by atoms with van der Waals surface area (Å²) in [6.45, 7) is 6.98. The molecule has 0 unspecified atom stereocenters. The van der Waals surface area contributed by atoms with Crippen molar-refractivity contribution in [3.05, 3.63) is 33.8 Å². The number of hydrogen-bond acceptors (Lipinski definition) is 1. The van der Waals surface area contributed by atoms with E-state index in [0.717, 1.165) is 0 Å². The Morgan fingerprint density at radius 1 is 1.56 bits per heavy atom. The van der Waals surface area contributed by atoms with Gasteiger partial charge in [0.05, 0.1) is 0 Å². The fourth-order valence-electron chi connectivity index (χ4n) is 0.590. The number of pyridine rings is 1. The summed E-state index contributed by atoms with van der Waals surface area (Å²) in [6.07, 6.45) is 0. The molecule has 2 nitrogen and oxygen atoms in total. The van der Waals surface area contributed by atoms with Crippen molar-refractivity contribution >= 4 is 13.2 Å². The monoisotopic (exact) mass is 121 g/mol. The first kappa shape index (κ1) is 5.82. The number of aromatic nitrogens is 1. The fraction of sp³-hybridized carbons (Fsp3) is 0. The molecule has 0 radical (unpaired) electrons. The van der Waals surface area contributed by atoms with Gasteiger partial charge in [0.1, 0.15) is 0 Å². The molecule has 0 fully saturated rings. The van der Waals surface area contributed by atoms with Crippen LogP contribution in [0.25, 0.3) is 13.2 Å². The van der Waals surface area contributed by atoms with Gasteiger partial charge in [0.15, 0.2) is 5.35 Å². The van der Waals surface area contributed by atoms with E-state index in [1.807, 2.05) is 0 Å². The number of nitrogens with zero attached hydrogens (tertiary/aromatic N) is 1. The van der Waals surface area contributed by atoms with Gasteiger partial charge in [-0.15, -0.1) is 6.58 Å². The van der Waals surface area contributed by atoms with Crippen molar-refractivity contribution in [1.29, 1.82) is 0 Å². The minimum Gasteiger partial charge on any atom is -0.159 e. The van der Waals surface area contributed by atoms with Crippen molar-refractivity contribution in [3.63, 3.8) is 0 Å². The van der Waals surface area contributed by atoms with Crippen LogP contribution < -0.4 is 15.1 Å². The highest BCUT2D eigenvalue weighted by atomic mass is 16.3. The van der Waals surface area contributed by atoms with Crippen LogP contribution in [0.2, 0.25) is 0 Å². The largest absolute Gasteiger partial charge is 0.202 e. The van der Waals surface area contributed by atoms with Crippen LogP contribution >= 0.6 is 0 Å². The van der Waals surface area contributed by atoms with Crippen LogP contribution in [0.15, 0.2) is 18.2 Å². The average Bonchev–Trinajstić information content (AvgIpc) is 1.83. The van der Waals surface area contributed by atoms with Crippen LogP contribution in [-0.4, -0.2) is 0 Å². The highest BCUT2D eigenvalue weighted by molar-refractivity contribution is 4.99. The molecule has 1 heterocycles. The summed E-state index contributed by atoms with van der Waals surface area (Å²) >= 11 is 0. The van der Waals surface area contributed by atoms with Crippen molar-refractivity contribution in [3.8, 4) is 0 Å². The molecule has 1 aromatic heterocycles. The first-order chi connectivity index (χ1) is 4.22. The van der Waals surface area contributed by atoms with Gasteiger partial charge in [-0.3, -0.25) is 0 Å². The number of hydrogen-bond donors (Lipinski definition) is 0. The standard InChI is InChI=1S/C7H7NO/c1-6-4-3-5-7(2)8(6)9/h3-5H,1-2H2. The maximum absolute atomic E-state index is 10.8. The quantitative estimate of drug-likeness (QED) is 0.323. The molecule has 0 amide bonds. The summed E-state index contributed by atoms with van der Waals surface area (Å²) in [7, 11) is 0. The third-order valence-electron chi connectivity index (χ3n) is 1.10. The second-order valence-electron chi connectivity index (χ2n) is 1.80. The summed E-state index contributed by atoms with van der Waals surface area (Å²) in [5, 5.41) is 0.866. The minimum atomic E-state index is 0.433. The van der Waals surface area contributed by atoms with E-state index >= 15 is 0 Å². The molecule has 0 bridgehead atoms. The molecule has 0 spiro atoms. The molecule has 0 aliphatic heterocycles. The Kier molecular flexibility index (Phi) is 1.23. The molecule has 0 aliphatic rings. The van der Waals surface area contributed by atoms with E-state index < -0.39 is 0 Å². The molecule has 0 aromatic carbocycles. The van der Waals surface area contributed by atoms with Crippen molar-refractivity contribution in [2.24, 2.45) is 0 Å². The predicted molar refractivity (Wildman–Crippen MR) is 35.7 cm³/mol. The predicted octanol–water partition coefficient (Wildman–Crippen LogP) is -0.859. The Morgan fingerprint density at radius 2 is 2.22 bits per heavy atom. The van der Waals surface area contributed by atoms with E-state index in [9.17, 15) is 4.91 Å². The van der Waals surface area contributed by atoms with Crippen molar-refractivity contribution in [2.45, 2.75) is 0 Å². The first-order valence-corrected chi connectivity index (χ1v) is 2.58. The zero-order chi connectivity index (χ0) is 6.85. The topological polar surface area (TPSA) is 23.0 Å². The molecular weight excluding hydrogens is 114 g/mol. The maximum Gasteiger partial charge on any atom is 0.202 e. The van der Waals surface area contributed by atoms with Crippen LogP contribution in [0.3, 0.4) is 0 Å². The van der Waals surface area contributed by atoms with Gasteiger partial charge in [-0.2, -0.15) is 6.07 Å². The zero-order valence-corrected chi connectivity index (χ0v) is 5.00. The van der Waals surface area contributed by atoms with Crippen LogP contribution in [0.5, 0.6) is 0 Å². The van der Waals surface area contributed by atoms with Crippen LogP contribution in [-0.2, 0) is 0 Å². The Balaban J connectivity index is 3.85. The van der Waals surface area contributed by atoms with E-state index in [-0.39, 0.29) is 0 Å². The molecule has 2 heteroatoms. The van der Waals surface area contributed by atoms with E-state index in [4.69, 9.17) is 0 Å². The van der Waals surface area contributed by atoms with Gasteiger partial charge in [0.2, 0.25) is 5.35 Å². The van der Waals surface area contributed by atoms with Gasteiger partial charge in [-0.1, -0.05) is 12.1 Å². The second kappa shape index (κ2) is 1.90. The van der Waals surface area contributed by atoms with Crippen molar-refractivity contribution in [1.82, 2.24) is 0 Å². The van der Waals surface area contributed by atoms with Crippen LogP contribution in [0.4, 0.5) is 0 Å². The summed E-state index contributed by atoms with van der Waals surface area (Å²) in [6, 6.07) is 5.03. The first-order valence-electron chi connectivity index (χ1n) is 2.58. The van der Waals surface area contributed by atoms with E-state index in [2.05, 4.69) is 13.2 Å². The normalized spacial score (nSPS) is 9.33. The Hall–Kier alpha value is -1.31. The van der Waals surface area contributed by atoms with Crippen molar-refractivity contribution in [2.75, 3.05) is 0 Å². The molecule has 0 saturated carbocycles. The van der Waals surface area contributed by atoms with Gasteiger partial charge in [-0.05, 0) is 6.58 Å². The smallest absolute Gasteiger partial charge is 0.159 e. The Bertz CT molecular complexity index is 319. The molecule has 1 aromatic rings. The zero-order valence-electron chi connectivity index (χ0n) is 5.00. The van der Waals surface area contributed by atoms with E-state index in [1.54, 1.807) is 18.2 Å². The lowest BCUT2D eigenvalue weighted by Gasteiger charge is -1.77. The molecule has 0 aliphatic carbocycles. The SMILES string of the molecule is C=c1cc[cH-]c(=C)[n+]1=O. The lowest BCUT2D eigenvalue weighted by atomic mass is 10.4. The molecule has 1 rings (SSSR count). The highest BCUT2D eigenvalue weighted by Gasteiger charge is 1.84. The van der Waals surface area contributed by atoms with Gasteiger partial charge in [0.25, 0.3) is 0 Å². The molecule has 0 atom stereocenters. The third-order valence-corrected chi connectivity index (χ3v) is 1.10. The minimum absolute atomic E-state index is 0.433. The summed E-state index contributed by atoms with van der Waals surface area (Å²) < 4.78 is 0.694. The molecule has 9 heavy (non-hydrogen) atoms. The van der Waals surface area contributed by atoms with Crippen LogP contribution in [0.1, 0.15) is 0 Å². The third kappa shape index (κ3) is 0.914. The lowest BCUT2D eigenvalue weighted by Crippen LogP contribution is -2.47. The molecular formula is C7H7NO. The second-order valence-corrected chi connectivity index (χ2v) is 1.80. The van der Waals surface area contributed by atoms with Gasteiger partial charge in [0, 0.05) is 9.33 Å². The van der Waals surface area contributed by atoms with Gasteiger partial charge in [-0.25, -0.2) is 0 Å². The average molecular weight is 121 g/mol. The summed E-state index contributed by atoms with van der Waals surface area (Å²) in [5.74, 6) is 0. The van der Waals surface area contributed by atoms with Gasteiger partial charge < -0.3 is 0 Å². The Labute approximate surface area is 52.4 Å². The van der Waals surface area contributed by atoms with E-state index in [0.29, 0.717) is 15.1 Å². The molecule has 0 N–H and O–H groups in total. The van der Waals surface area contributed by atoms with Crippen molar-refractivity contribution < 1.29 is 4.43 Å². The van der Waals surface area contributed by atoms with Crippen LogP contribution in [0, 0.1) is 4.91 Å². The maximum atomic E-state index is 10.8. The molecule has 46 valence electrons. The van der Waals surface area contributed by atoms with E-state index in [1.165, 1.54) is 0 Å². The summed E-state index contributed by atoms with van der Waals surface area (Å²) in [4.78, 5) is 10.8. The fourth-order valence-corrected chi connectivity index (χ4v) is 0.590. The lowest BCUT2D eigenvalue weighted by molar-refractivity contribution is -0.524. The highest BCUT2D eigenvalue weighted by Crippen LogP contribution is 1.57. The summed E-state index contributed by atoms with van der Waals surface area (Å²) in [5.41, 5.74) is 0.